The quantitative estimate of drug-likeness (QED) is 0.610. The molecule has 0 fully saturated rings. The summed E-state index contributed by atoms with van der Waals surface area (Å²) in [6.45, 7) is 2.14. The molecule has 6 heteroatoms. The first-order chi connectivity index (χ1) is 11.5. The summed E-state index contributed by atoms with van der Waals surface area (Å²) in [5.41, 5.74) is 1.84. The zero-order chi connectivity index (χ0) is 17.5. The largest absolute Gasteiger partial charge is 0.490 e. The van der Waals surface area contributed by atoms with E-state index in [0.29, 0.717) is 5.69 Å². The number of anilines is 1. The van der Waals surface area contributed by atoms with E-state index in [-0.39, 0.29) is 17.0 Å². The Morgan fingerprint density at radius 2 is 1.92 bits per heavy atom. The number of carbonyl (C=O) groups excluding carboxylic acids is 1. The fraction of sp³-hybridized carbons (Fsp3) is 0.278. The van der Waals surface area contributed by atoms with E-state index in [1.54, 1.807) is 0 Å². The maximum Gasteiger partial charge on any atom is 0.311 e. The van der Waals surface area contributed by atoms with Crippen molar-refractivity contribution < 1.29 is 14.5 Å². The van der Waals surface area contributed by atoms with Gasteiger partial charge in [0.1, 0.15) is 0 Å². The molecule has 0 aliphatic heterocycles. The Kier molecular flexibility index (Phi) is 5.89. The predicted molar refractivity (Wildman–Crippen MR) is 92.7 cm³/mol. The van der Waals surface area contributed by atoms with Gasteiger partial charge in [-0.25, -0.2) is 0 Å². The molecule has 0 saturated carbocycles. The predicted octanol–water partition coefficient (Wildman–Crippen LogP) is 4.20. The number of ether oxygens (including phenoxy) is 1. The molecule has 0 saturated heterocycles. The van der Waals surface area contributed by atoms with Gasteiger partial charge in [-0.05, 0) is 42.7 Å². The smallest absolute Gasteiger partial charge is 0.311 e. The molecule has 0 heterocycles. The Labute approximate surface area is 140 Å². The molecule has 1 amide bonds. The average molecular weight is 328 g/mol. The number of methoxy groups -OCH3 is 1. The second-order valence-corrected chi connectivity index (χ2v) is 5.40. The van der Waals surface area contributed by atoms with Crippen LogP contribution in [-0.2, 0) is 6.42 Å². The van der Waals surface area contributed by atoms with Crippen molar-refractivity contribution in [1.29, 1.82) is 0 Å². The number of unbranched alkanes of at least 4 members (excludes halogenated alkanes) is 1. The maximum absolute atomic E-state index is 12.3. The molecule has 0 bridgehead atoms. The number of nitrogens with one attached hydrogen (secondary N) is 1. The van der Waals surface area contributed by atoms with Crippen molar-refractivity contribution in [2.75, 3.05) is 12.4 Å². The number of amides is 1. The summed E-state index contributed by atoms with van der Waals surface area (Å²) in [6.07, 6.45) is 3.27. The van der Waals surface area contributed by atoms with E-state index >= 15 is 0 Å². The van der Waals surface area contributed by atoms with Crippen LogP contribution in [0.15, 0.2) is 42.5 Å². The molecule has 2 aromatic carbocycles. The molecule has 0 aliphatic rings. The van der Waals surface area contributed by atoms with E-state index in [2.05, 4.69) is 12.2 Å². The van der Waals surface area contributed by atoms with Crippen LogP contribution in [0, 0.1) is 10.1 Å². The summed E-state index contributed by atoms with van der Waals surface area (Å²) in [6, 6.07) is 11.7. The molecule has 0 aliphatic carbocycles. The molecular formula is C18H20N2O4. The first kappa shape index (κ1) is 17.5. The van der Waals surface area contributed by atoms with Gasteiger partial charge in [-0.2, -0.15) is 0 Å². The number of hydrogen-bond donors (Lipinski definition) is 1. The van der Waals surface area contributed by atoms with Gasteiger partial charge in [0.2, 0.25) is 0 Å². The SMILES string of the molecule is CCCCc1ccc(NC(=O)c2ccc(OC)c([N+](=O)[O-])c2)cc1. The monoisotopic (exact) mass is 328 g/mol. The summed E-state index contributed by atoms with van der Waals surface area (Å²) >= 11 is 0. The number of nitro groups is 1. The fourth-order valence-electron chi connectivity index (χ4n) is 2.31. The lowest BCUT2D eigenvalue weighted by atomic mass is 10.1. The molecule has 0 unspecified atom stereocenters. The van der Waals surface area contributed by atoms with Crippen molar-refractivity contribution in [3.63, 3.8) is 0 Å². The van der Waals surface area contributed by atoms with Crippen LogP contribution >= 0.6 is 0 Å². The number of hydrogen-bond acceptors (Lipinski definition) is 4. The Morgan fingerprint density at radius 1 is 1.21 bits per heavy atom. The molecule has 24 heavy (non-hydrogen) atoms. The lowest BCUT2D eigenvalue weighted by Gasteiger charge is -2.08. The highest BCUT2D eigenvalue weighted by atomic mass is 16.6. The van der Waals surface area contributed by atoms with E-state index in [4.69, 9.17) is 4.74 Å². The van der Waals surface area contributed by atoms with Gasteiger partial charge in [-0.1, -0.05) is 25.5 Å². The third-order valence-corrected chi connectivity index (χ3v) is 3.67. The Hall–Kier alpha value is -2.89. The van der Waals surface area contributed by atoms with Crippen molar-refractivity contribution in [3.8, 4) is 5.75 Å². The van der Waals surface area contributed by atoms with Crippen LogP contribution in [0.4, 0.5) is 11.4 Å². The molecule has 0 atom stereocenters. The van der Waals surface area contributed by atoms with Crippen LogP contribution in [0.2, 0.25) is 0 Å². The summed E-state index contributed by atoms with van der Waals surface area (Å²) in [4.78, 5) is 22.7. The standard InChI is InChI=1S/C18H20N2O4/c1-3-4-5-13-6-9-15(10-7-13)19-18(21)14-8-11-17(24-2)16(12-14)20(22)23/h6-12H,3-5H2,1-2H3,(H,19,21). The summed E-state index contributed by atoms with van der Waals surface area (Å²) < 4.78 is 4.93. The number of aryl methyl sites for hydroxylation is 1. The van der Waals surface area contributed by atoms with Crippen molar-refractivity contribution >= 4 is 17.3 Å². The zero-order valence-electron chi connectivity index (χ0n) is 13.7. The highest BCUT2D eigenvalue weighted by Crippen LogP contribution is 2.27. The van der Waals surface area contributed by atoms with E-state index in [9.17, 15) is 14.9 Å². The van der Waals surface area contributed by atoms with Crippen molar-refractivity contribution in [2.45, 2.75) is 26.2 Å². The lowest BCUT2D eigenvalue weighted by Crippen LogP contribution is -2.12. The van der Waals surface area contributed by atoms with Gasteiger partial charge in [-0.15, -0.1) is 0 Å². The molecule has 2 aromatic rings. The van der Waals surface area contributed by atoms with Crippen LogP contribution in [0.5, 0.6) is 5.75 Å². The molecule has 1 N–H and O–H groups in total. The van der Waals surface area contributed by atoms with Crippen molar-refractivity contribution in [1.82, 2.24) is 0 Å². The lowest BCUT2D eigenvalue weighted by molar-refractivity contribution is -0.385. The van der Waals surface area contributed by atoms with Crippen LogP contribution in [-0.4, -0.2) is 17.9 Å². The Morgan fingerprint density at radius 3 is 2.50 bits per heavy atom. The van der Waals surface area contributed by atoms with Gasteiger partial charge in [0.25, 0.3) is 5.91 Å². The normalized spacial score (nSPS) is 10.2. The minimum atomic E-state index is -0.571. The van der Waals surface area contributed by atoms with Crippen LogP contribution in [0.25, 0.3) is 0 Å². The highest BCUT2D eigenvalue weighted by Gasteiger charge is 2.18. The maximum atomic E-state index is 12.3. The van der Waals surface area contributed by atoms with Gasteiger partial charge in [0.05, 0.1) is 12.0 Å². The number of carbonyl (C=O) groups is 1. The van der Waals surface area contributed by atoms with Gasteiger partial charge >= 0.3 is 5.69 Å². The molecule has 2 rings (SSSR count). The van der Waals surface area contributed by atoms with Gasteiger partial charge < -0.3 is 10.1 Å². The third kappa shape index (κ3) is 4.32. The molecule has 0 spiro atoms. The zero-order valence-corrected chi connectivity index (χ0v) is 13.7. The summed E-state index contributed by atoms with van der Waals surface area (Å²) in [5, 5.41) is 13.8. The Bertz CT molecular complexity index is 726. The van der Waals surface area contributed by atoms with E-state index < -0.39 is 10.8 Å². The van der Waals surface area contributed by atoms with Crippen LogP contribution in [0.1, 0.15) is 35.7 Å². The van der Waals surface area contributed by atoms with Gasteiger partial charge in [0.15, 0.2) is 5.75 Å². The fourth-order valence-corrected chi connectivity index (χ4v) is 2.31. The average Bonchev–Trinajstić information content (AvgIpc) is 2.60. The van der Waals surface area contributed by atoms with E-state index in [0.717, 1.165) is 19.3 Å². The Balaban J connectivity index is 2.12. The molecule has 0 radical (unpaired) electrons. The number of nitrogens with zero attached hydrogens (tertiary/aromatic N) is 1. The first-order valence-corrected chi connectivity index (χ1v) is 7.78. The van der Waals surface area contributed by atoms with Gasteiger partial charge in [-0.3, -0.25) is 14.9 Å². The third-order valence-electron chi connectivity index (χ3n) is 3.67. The molecule has 0 aromatic heterocycles. The van der Waals surface area contributed by atoms with Crippen molar-refractivity contribution in [2.24, 2.45) is 0 Å². The summed E-state index contributed by atoms with van der Waals surface area (Å²) in [5.74, 6) is -0.279. The molecule has 126 valence electrons. The van der Waals surface area contributed by atoms with Crippen LogP contribution in [0.3, 0.4) is 0 Å². The number of rotatable bonds is 7. The molecular weight excluding hydrogens is 308 g/mol. The van der Waals surface area contributed by atoms with Gasteiger partial charge in [0, 0.05) is 17.3 Å². The molecule has 6 nitrogen and oxygen atoms in total. The second kappa shape index (κ2) is 8.10. The highest BCUT2D eigenvalue weighted by molar-refractivity contribution is 6.04. The number of benzene rings is 2. The van der Waals surface area contributed by atoms with Crippen molar-refractivity contribution in [3.05, 3.63) is 63.7 Å². The van der Waals surface area contributed by atoms with E-state index in [1.807, 2.05) is 24.3 Å². The topological polar surface area (TPSA) is 81.5 Å². The number of nitro benzene ring substituents is 1. The minimum Gasteiger partial charge on any atom is -0.490 e. The van der Waals surface area contributed by atoms with E-state index in [1.165, 1.54) is 30.9 Å². The summed E-state index contributed by atoms with van der Waals surface area (Å²) in [7, 11) is 1.35. The first-order valence-electron chi connectivity index (χ1n) is 7.78. The van der Waals surface area contributed by atoms with Crippen LogP contribution < -0.4 is 10.1 Å². The second-order valence-electron chi connectivity index (χ2n) is 5.40. The minimum absolute atomic E-state index is 0.122.